The van der Waals surface area contributed by atoms with Gasteiger partial charge in [0.05, 0.1) is 23.0 Å². The molecule has 1 N–H and O–H groups in total. The maximum Gasteiger partial charge on any atom is 0.416 e. The highest BCUT2D eigenvalue weighted by Gasteiger charge is 2.33. The molecule has 110 valence electrons. The van der Waals surface area contributed by atoms with Crippen LogP contribution in [0.2, 0.25) is 0 Å². The monoisotopic (exact) mass is 299 g/mol. The van der Waals surface area contributed by atoms with E-state index < -0.39 is 22.4 Å². The molecule has 0 aliphatic rings. The molecule has 2 aromatic rings. The normalized spacial score (nSPS) is 11.8. The maximum absolute atomic E-state index is 12.5. The highest BCUT2D eigenvalue weighted by molar-refractivity contribution is 5.77. The minimum absolute atomic E-state index is 0.157. The highest BCUT2D eigenvalue weighted by Crippen LogP contribution is 2.34. The van der Waals surface area contributed by atoms with Crippen LogP contribution in [0.3, 0.4) is 0 Å². The average molecular weight is 299 g/mol. The number of furan rings is 1. The molecule has 0 fully saturated rings. The molecular weight excluding hydrogens is 291 g/mol. The van der Waals surface area contributed by atoms with Crippen LogP contribution < -0.4 is 5.43 Å². The summed E-state index contributed by atoms with van der Waals surface area (Å²) >= 11 is 0. The first kappa shape index (κ1) is 14.6. The fraction of sp³-hybridized carbons (Fsp3) is 0.0833. The third-order valence-electron chi connectivity index (χ3n) is 2.44. The van der Waals surface area contributed by atoms with E-state index in [-0.39, 0.29) is 5.69 Å². The Kier molecular flexibility index (Phi) is 3.92. The van der Waals surface area contributed by atoms with Gasteiger partial charge in [-0.3, -0.25) is 15.5 Å². The van der Waals surface area contributed by atoms with E-state index in [4.69, 9.17) is 4.42 Å². The number of nitrogens with zero attached hydrogens (tertiary/aromatic N) is 2. The lowest BCUT2D eigenvalue weighted by Crippen LogP contribution is -2.06. The molecule has 6 nitrogen and oxygen atoms in total. The molecule has 0 spiro atoms. The number of alkyl halides is 3. The third kappa shape index (κ3) is 3.59. The van der Waals surface area contributed by atoms with Crippen LogP contribution in [0.4, 0.5) is 24.5 Å². The zero-order valence-corrected chi connectivity index (χ0v) is 10.3. The number of anilines is 1. The summed E-state index contributed by atoms with van der Waals surface area (Å²) in [7, 11) is 0. The first-order chi connectivity index (χ1) is 9.88. The molecule has 0 amide bonds. The fourth-order valence-electron chi connectivity index (χ4n) is 1.48. The topological polar surface area (TPSA) is 80.7 Å². The van der Waals surface area contributed by atoms with Gasteiger partial charge in [0.1, 0.15) is 11.4 Å². The molecule has 2 rings (SSSR count). The van der Waals surface area contributed by atoms with Crippen molar-refractivity contribution in [2.24, 2.45) is 5.10 Å². The lowest BCUT2D eigenvalue weighted by molar-refractivity contribution is -0.384. The van der Waals surface area contributed by atoms with Crippen molar-refractivity contribution in [3.8, 4) is 0 Å². The van der Waals surface area contributed by atoms with E-state index in [0.717, 1.165) is 12.1 Å². The Hall–Kier alpha value is -2.84. The van der Waals surface area contributed by atoms with Gasteiger partial charge < -0.3 is 4.42 Å². The van der Waals surface area contributed by atoms with Gasteiger partial charge in [-0.15, -0.1) is 0 Å². The Bertz CT molecular complexity index is 666. The van der Waals surface area contributed by atoms with E-state index in [0.29, 0.717) is 11.8 Å². The molecule has 21 heavy (non-hydrogen) atoms. The van der Waals surface area contributed by atoms with E-state index >= 15 is 0 Å². The fourth-order valence-corrected chi connectivity index (χ4v) is 1.48. The van der Waals surface area contributed by atoms with Crippen molar-refractivity contribution in [2.45, 2.75) is 6.18 Å². The molecule has 9 heteroatoms. The number of hydrazone groups is 1. The largest absolute Gasteiger partial charge is 0.463 e. The number of benzene rings is 1. The second-order valence-corrected chi connectivity index (χ2v) is 3.87. The van der Waals surface area contributed by atoms with Crippen LogP contribution in [0.5, 0.6) is 0 Å². The molecular formula is C12H8F3N3O3. The number of nitro groups is 1. The molecule has 1 aromatic heterocycles. The number of nitrogens with one attached hydrogen (secondary N) is 1. The van der Waals surface area contributed by atoms with E-state index in [9.17, 15) is 23.3 Å². The second-order valence-electron chi connectivity index (χ2n) is 3.87. The summed E-state index contributed by atoms with van der Waals surface area (Å²) < 4.78 is 42.5. The van der Waals surface area contributed by atoms with Gasteiger partial charge >= 0.3 is 6.18 Å². The zero-order chi connectivity index (χ0) is 15.5. The van der Waals surface area contributed by atoms with Gasteiger partial charge in [0.15, 0.2) is 0 Å². The van der Waals surface area contributed by atoms with Crippen LogP contribution in [0.1, 0.15) is 11.3 Å². The number of halogens is 3. The van der Waals surface area contributed by atoms with Crippen LogP contribution in [0, 0.1) is 10.1 Å². The van der Waals surface area contributed by atoms with E-state index in [1.165, 1.54) is 12.5 Å². The van der Waals surface area contributed by atoms with Gasteiger partial charge in [0.25, 0.3) is 5.69 Å². The maximum atomic E-state index is 12.5. The van der Waals surface area contributed by atoms with Crippen molar-refractivity contribution in [1.29, 1.82) is 0 Å². The molecule has 0 saturated heterocycles. The SMILES string of the molecule is O=[N+]([O-])c1cc(C(F)(F)F)ccc1NN=Cc1ccco1. The quantitative estimate of drug-likeness (QED) is 0.531. The Balaban J connectivity index is 2.25. The first-order valence-electron chi connectivity index (χ1n) is 5.56. The van der Waals surface area contributed by atoms with Crippen molar-refractivity contribution in [1.82, 2.24) is 0 Å². The van der Waals surface area contributed by atoms with Gasteiger partial charge in [0, 0.05) is 6.07 Å². The van der Waals surface area contributed by atoms with Crippen molar-refractivity contribution in [3.05, 3.63) is 58.0 Å². The number of hydrogen-bond acceptors (Lipinski definition) is 5. The summed E-state index contributed by atoms with van der Waals surface area (Å²) in [4.78, 5) is 9.90. The minimum atomic E-state index is -4.65. The van der Waals surface area contributed by atoms with Crippen molar-refractivity contribution in [3.63, 3.8) is 0 Å². The van der Waals surface area contributed by atoms with E-state index in [1.54, 1.807) is 12.1 Å². The summed E-state index contributed by atoms with van der Waals surface area (Å²) in [5, 5.41) is 14.5. The number of nitro benzene ring substituents is 1. The molecule has 0 radical (unpaired) electrons. The van der Waals surface area contributed by atoms with Gasteiger partial charge in [-0.1, -0.05) is 0 Å². The third-order valence-corrected chi connectivity index (χ3v) is 2.44. The van der Waals surface area contributed by atoms with Crippen LogP contribution in [0.25, 0.3) is 0 Å². The molecule has 0 atom stereocenters. The number of rotatable bonds is 4. The zero-order valence-electron chi connectivity index (χ0n) is 10.3. The number of hydrogen-bond donors (Lipinski definition) is 1. The molecule has 0 saturated carbocycles. The Morgan fingerprint density at radius 1 is 1.33 bits per heavy atom. The summed E-state index contributed by atoms with van der Waals surface area (Å²) in [6.45, 7) is 0. The van der Waals surface area contributed by atoms with Gasteiger partial charge in [-0.25, -0.2) is 0 Å². The first-order valence-corrected chi connectivity index (χ1v) is 5.56. The standard InChI is InChI=1S/C12H8F3N3O3/c13-12(14,15)8-3-4-10(11(6-8)18(19)20)17-16-7-9-2-1-5-21-9/h1-7,17H. The highest BCUT2D eigenvalue weighted by atomic mass is 19.4. The van der Waals surface area contributed by atoms with Crippen LogP contribution in [0.15, 0.2) is 46.1 Å². The van der Waals surface area contributed by atoms with Gasteiger partial charge in [-0.2, -0.15) is 18.3 Å². The molecule has 0 bridgehead atoms. The molecule has 0 aliphatic heterocycles. The lowest BCUT2D eigenvalue weighted by atomic mass is 10.1. The minimum Gasteiger partial charge on any atom is -0.463 e. The Morgan fingerprint density at radius 2 is 2.10 bits per heavy atom. The molecule has 1 aromatic carbocycles. The predicted octanol–water partition coefficient (Wildman–Crippen LogP) is 3.65. The summed E-state index contributed by atoms with van der Waals surface area (Å²) in [6, 6.07) is 5.33. The van der Waals surface area contributed by atoms with Gasteiger partial charge in [-0.05, 0) is 24.3 Å². The summed E-state index contributed by atoms with van der Waals surface area (Å²) in [5.74, 6) is 0.386. The van der Waals surface area contributed by atoms with Gasteiger partial charge in [0.2, 0.25) is 0 Å². The summed E-state index contributed by atoms with van der Waals surface area (Å²) in [6.07, 6.45) is -2.01. The Labute approximate surface area is 116 Å². The average Bonchev–Trinajstić information content (AvgIpc) is 2.90. The second kappa shape index (κ2) is 5.65. The van der Waals surface area contributed by atoms with Crippen molar-refractivity contribution < 1.29 is 22.5 Å². The smallest absolute Gasteiger partial charge is 0.416 e. The lowest BCUT2D eigenvalue weighted by Gasteiger charge is -2.08. The predicted molar refractivity (Wildman–Crippen MR) is 68.0 cm³/mol. The summed E-state index contributed by atoms with van der Waals surface area (Å²) in [5.41, 5.74) is 0.332. The Morgan fingerprint density at radius 3 is 2.67 bits per heavy atom. The van der Waals surface area contributed by atoms with Crippen LogP contribution >= 0.6 is 0 Å². The molecule has 0 unspecified atom stereocenters. The van der Waals surface area contributed by atoms with Crippen LogP contribution in [-0.2, 0) is 6.18 Å². The van der Waals surface area contributed by atoms with Crippen LogP contribution in [-0.4, -0.2) is 11.1 Å². The molecule has 0 aliphatic carbocycles. The molecule has 1 heterocycles. The van der Waals surface area contributed by atoms with Crippen molar-refractivity contribution in [2.75, 3.05) is 5.43 Å². The van der Waals surface area contributed by atoms with E-state index in [2.05, 4.69) is 10.5 Å². The van der Waals surface area contributed by atoms with Crippen molar-refractivity contribution >= 4 is 17.6 Å². The van der Waals surface area contributed by atoms with E-state index in [1.807, 2.05) is 0 Å².